The summed E-state index contributed by atoms with van der Waals surface area (Å²) in [6, 6.07) is 3.45. The average molecular weight is 249 g/mol. The highest BCUT2D eigenvalue weighted by Crippen LogP contribution is 2.28. The highest BCUT2D eigenvalue weighted by Gasteiger charge is 2.16. The zero-order valence-electron chi connectivity index (χ0n) is 9.17. The summed E-state index contributed by atoms with van der Waals surface area (Å²) in [6.45, 7) is 1.88. The monoisotopic (exact) mass is 249 g/mol. The lowest BCUT2D eigenvalue weighted by Crippen LogP contribution is -1.97. The van der Waals surface area contributed by atoms with Crippen LogP contribution in [0, 0.1) is 0 Å². The number of carboxylic acids is 1. The molecule has 2 heterocycles. The third-order valence-electron chi connectivity index (χ3n) is 2.25. The van der Waals surface area contributed by atoms with Crippen LogP contribution in [0.25, 0.3) is 10.6 Å². The normalized spacial score (nSPS) is 10.4. The van der Waals surface area contributed by atoms with Crippen molar-refractivity contribution in [2.24, 2.45) is 0 Å². The number of aromatic carboxylic acids is 1. The molecule has 0 unspecified atom stereocenters. The van der Waals surface area contributed by atoms with E-state index >= 15 is 0 Å². The summed E-state index contributed by atoms with van der Waals surface area (Å²) in [5.74, 6) is -0.541. The first kappa shape index (κ1) is 11.5. The fourth-order valence-electron chi connectivity index (χ4n) is 1.46. The maximum absolute atomic E-state index is 11.0. The second-order valence-electron chi connectivity index (χ2n) is 3.42. The van der Waals surface area contributed by atoms with E-state index in [1.165, 1.54) is 0 Å². The number of nitrogens with two attached hydrogens (primary N) is 1. The van der Waals surface area contributed by atoms with Crippen LogP contribution in [0.3, 0.4) is 0 Å². The van der Waals surface area contributed by atoms with Crippen molar-refractivity contribution >= 4 is 23.1 Å². The Kier molecular flexibility index (Phi) is 3.06. The van der Waals surface area contributed by atoms with Crippen LogP contribution in [-0.2, 0) is 6.42 Å². The maximum atomic E-state index is 11.0. The molecular weight excluding hydrogens is 238 g/mol. The Morgan fingerprint density at radius 3 is 2.88 bits per heavy atom. The van der Waals surface area contributed by atoms with Gasteiger partial charge >= 0.3 is 5.97 Å². The molecule has 0 saturated carbocycles. The topological polar surface area (TPSA) is 89.1 Å². The average Bonchev–Trinajstić information content (AvgIpc) is 2.73. The first-order valence-corrected chi connectivity index (χ1v) is 5.88. The second-order valence-corrected chi connectivity index (χ2v) is 4.42. The molecule has 2 aromatic rings. The van der Waals surface area contributed by atoms with E-state index in [2.05, 4.69) is 9.97 Å². The zero-order chi connectivity index (χ0) is 12.4. The number of hydrogen-bond acceptors (Lipinski definition) is 5. The minimum absolute atomic E-state index is 0.290. The van der Waals surface area contributed by atoms with E-state index in [1.807, 2.05) is 6.92 Å². The van der Waals surface area contributed by atoms with Gasteiger partial charge in [0.15, 0.2) is 0 Å². The highest BCUT2D eigenvalue weighted by molar-refractivity contribution is 7.17. The van der Waals surface area contributed by atoms with Gasteiger partial charge in [-0.15, -0.1) is 11.3 Å². The standard InChI is InChI=1S/C11H11N3O2S/c1-2-7-9(11(15)16)17-10(14-7)6-3-4-13-8(12)5-6/h3-5H,2H2,1H3,(H2,12,13)(H,15,16). The zero-order valence-corrected chi connectivity index (χ0v) is 9.99. The van der Waals surface area contributed by atoms with Gasteiger partial charge in [-0.1, -0.05) is 6.92 Å². The SMILES string of the molecule is CCc1nc(-c2ccnc(N)c2)sc1C(=O)O. The Balaban J connectivity index is 2.50. The summed E-state index contributed by atoms with van der Waals surface area (Å²) in [7, 11) is 0. The van der Waals surface area contributed by atoms with Gasteiger partial charge in [0.1, 0.15) is 15.7 Å². The van der Waals surface area contributed by atoms with Crippen LogP contribution in [0.1, 0.15) is 22.3 Å². The molecule has 0 aromatic carbocycles. The number of anilines is 1. The highest BCUT2D eigenvalue weighted by atomic mass is 32.1. The lowest BCUT2D eigenvalue weighted by atomic mass is 10.2. The summed E-state index contributed by atoms with van der Waals surface area (Å²) in [4.78, 5) is 19.5. The van der Waals surface area contributed by atoms with Gasteiger partial charge in [0, 0.05) is 11.8 Å². The first-order chi connectivity index (χ1) is 8.11. The Morgan fingerprint density at radius 1 is 1.59 bits per heavy atom. The molecule has 0 amide bonds. The number of aromatic nitrogens is 2. The van der Waals surface area contributed by atoms with Crippen molar-refractivity contribution in [3.8, 4) is 10.6 Å². The third kappa shape index (κ3) is 2.26. The molecule has 3 N–H and O–H groups in total. The Morgan fingerprint density at radius 2 is 2.35 bits per heavy atom. The van der Waals surface area contributed by atoms with E-state index in [4.69, 9.17) is 10.8 Å². The Bertz CT molecular complexity index is 566. The molecule has 0 atom stereocenters. The lowest BCUT2D eigenvalue weighted by Gasteiger charge is -1.96. The molecule has 0 bridgehead atoms. The van der Waals surface area contributed by atoms with Gasteiger partial charge in [-0.25, -0.2) is 14.8 Å². The molecule has 2 aromatic heterocycles. The van der Waals surface area contributed by atoms with Crippen LogP contribution in [0.15, 0.2) is 18.3 Å². The Labute approximate surface area is 102 Å². The number of nitrogen functional groups attached to an aromatic ring is 1. The molecule has 5 nitrogen and oxygen atoms in total. The van der Waals surface area contributed by atoms with E-state index in [9.17, 15) is 4.79 Å². The first-order valence-electron chi connectivity index (χ1n) is 5.06. The Hall–Kier alpha value is -1.95. The number of rotatable bonds is 3. The number of hydrogen-bond donors (Lipinski definition) is 2. The number of thiazole rings is 1. The van der Waals surface area contributed by atoms with Gasteiger partial charge < -0.3 is 10.8 Å². The van der Waals surface area contributed by atoms with Crippen molar-refractivity contribution in [1.29, 1.82) is 0 Å². The van der Waals surface area contributed by atoms with E-state index in [0.717, 1.165) is 16.9 Å². The van der Waals surface area contributed by atoms with Crippen LogP contribution in [0.5, 0.6) is 0 Å². The molecule has 0 radical (unpaired) electrons. The molecule has 0 aliphatic heterocycles. The molecule has 0 aliphatic rings. The second kappa shape index (κ2) is 4.50. The van der Waals surface area contributed by atoms with E-state index < -0.39 is 5.97 Å². The van der Waals surface area contributed by atoms with Gasteiger partial charge in [-0.3, -0.25) is 0 Å². The number of nitrogens with zero attached hydrogens (tertiary/aromatic N) is 2. The van der Waals surface area contributed by atoms with Crippen LogP contribution in [0.2, 0.25) is 0 Å². The van der Waals surface area contributed by atoms with Crippen molar-refractivity contribution in [3.63, 3.8) is 0 Å². The van der Waals surface area contributed by atoms with Gasteiger partial charge in [0.2, 0.25) is 0 Å². The fraction of sp³-hybridized carbons (Fsp3) is 0.182. The van der Waals surface area contributed by atoms with Crippen molar-refractivity contribution < 1.29 is 9.90 Å². The minimum atomic E-state index is -0.937. The lowest BCUT2D eigenvalue weighted by molar-refractivity contribution is 0.0701. The number of carbonyl (C=O) groups is 1. The molecule has 88 valence electrons. The van der Waals surface area contributed by atoms with Crippen molar-refractivity contribution in [3.05, 3.63) is 28.9 Å². The van der Waals surface area contributed by atoms with Gasteiger partial charge in [0.25, 0.3) is 0 Å². The smallest absolute Gasteiger partial charge is 0.347 e. The van der Waals surface area contributed by atoms with Crippen molar-refractivity contribution in [2.45, 2.75) is 13.3 Å². The predicted octanol–water partition coefficient (Wildman–Crippen LogP) is 2.05. The largest absolute Gasteiger partial charge is 0.477 e. The van der Waals surface area contributed by atoms with Gasteiger partial charge in [0.05, 0.1) is 5.69 Å². The minimum Gasteiger partial charge on any atom is -0.477 e. The van der Waals surface area contributed by atoms with Crippen LogP contribution >= 0.6 is 11.3 Å². The number of carboxylic acid groups (broad SMARTS) is 1. The molecule has 0 saturated heterocycles. The van der Waals surface area contributed by atoms with Gasteiger partial charge in [-0.2, -0.15) is 0 Å². The van der Waals surface area contributed by atoms with Gasteiger partial charge in [-0.05, 0) is 18.6 Å². The van der Waals surface area contributed by atoms with Crippen molar-refractivity contribution in [1.82, 2.24) is 9.97 Å². The van der Waals surface area contributed by atoms with E-state index in [-0.39, 0.29) is 4.88 Å². The summed E-state index contributed by atoms with van der Waals surface area (Å²) in [5, 5.41) is 9.71. The molecule has 0 fully saturated rings. The molecule has 17 heavy (non-hydrogen) atoms. The molecule has 2 rings (SSSR count). The summed E-state index contributed by atoms with van der Waals surface area (Å²) in [6.07, 6.45) is 2.18. The molecular formula is C11H11N3O2S. The third-order valence-corrected chi connectivity index (χ3v) is 3.39. The molecule has 0 spiro atoms. The van der Waals surface area contributed by atoms with Crippen LogP contribution in [-0.4, -0.2) is 21.0 Å². The quantitative estimate of drug-likeness (QED) is 0.869. The van der Waals surface area contributed by atoms with E-state index in [0.29, 0.717) is 22.9 Å². The summed E-state index contributed by atoms with van der Waals surface area (Å²) in [5.41, 5.74) is 6.98. The van der Waals surface area contributed by atoms with Crippen LogP contribution in [0.4, 0.5) is 5.82 Å². The predicted molar refractivity (Wildman–Crippen MR) is 66.1 cm³/mol. The fourth-order valence-corrected chi connectivity index (χ4v) is 2.45. The van der Waals surface area contributed by atoms with E-state index in [1.54, 1.807) is 18.3 Å². The molecule has 6 heteroatoms. The number of aryl methyl sites for hydroxylation is 1. The maximum Gasteiger partial charge on any atom is 0.347 e. The summed E-state index contributed by atoms with van der Waals surface area (Å²) >= 11 is 1.16. The van der Waals surface area contributed by atoms with Crippen LogP contribution < -0.4 is 5.73 Å². The van der Waals surface area contributed by atoms with Crippen molar-refractivity contribution in [2.75, 3.05) is 5.73 Å². The number of pyridine rings is 1. The molecule has 0 aliphatic carbocycles. The summed E-state index contributed by atoms with van der Waals surface area (Å²) < 4.78 is 0.